The van der Waals surface area contributed by atoms with Gasteiger partial charge in [-0.15, -0.1) is 0 Å². The molecule has 2 saturated carbocycles. The fraction of sp³-hybridized carbons (Fsp3) is 0.882. The molecule has 1 saturated heterocycles. The molecule has 1 heterocycles. The maximum absolute atomic E-state index is 12.4. The molecule has 5 heteroatoms. The monoisotopic (exact) mass is 324 g/mol. The van der Waals surface area contributed by atoms with Crippen LogP contribution in [0.15, 0.2) is 0 Å². The number of hydrogen-bond donors (Lipinski definition) is 1. The molecule has 1 N–H and O–H groups in total. The van der Waals surface area contributed by atoms with Crippen molar-refractivity contribution in [3.63, 3.8) is 0 Å². The Morgan fingerprint density at radius 2 is 1.95 bits per heavy atom. The summed E-state index contributed by atoms with van der Waals surface area (Å²) >= 11 is 2.10. The van der Waals surface area contributed by atoms with Crippen molar-refractivity contribution in [3.05, 3.63) is 0 Å². The largest absolute Gasteiger partial charge is 0.356 e. The highest BCUT2D eigenvalue weighted by Crippen LogP contribution is 2.42. The number of nitrogens with zero attached hydrogens (tertiary/aromatic N) is 1. The lowest BCUT2D eigenvalue weighted by atomic mass is 9.87. The first kappa shape index (κ1) is 16.2. The number of nitrogens with one attached hydrogen (secondary N) is 1. The van der Waals surface area contributed by atoms with Crippen LogP contribution in [-0.2, 0) is 9.59 Å². The fourth-order valence-electron chi connectivity index (χ4n) is 3.66. The minimum atomic E-state index is 0.183. The van der Waals surface area contributed by atoms with Gasteiger partial charge in [0.1, 0.15) is 0 Å². The molecular weight excluding hydrogens is 296 g/mol. The van der Waals surface area contributed by atoms with Crippen molar-refractivity contribution >= 4 is 23.6 Å². The number of hydrogen-bond acceptors (Lipinski definition) is 3. The third-order valence-electron chi connectivity index (χ3n) is 5.18. The average Bonchev–Trinajstić information content (AvgIpc) is 3.37. The lowest BCUT2D eigenvalue weighted by molar-refractivity contribution is -0.132. The molecule has 3 rings (SSSR count). The summed E-state index contributed by atoms with van der Waals surface area (Å²) in [6, 6.07) is 0. The lowest BCUT2D eigenvalue weighted by Gasteiger charge is -2.44. The van der Waals surface area contributed by atoms with Gasteiger partial charge in [-0.1, -0.05) is 19.3 Å². The second-order valence-corrected chi connectivity index (χ2v) is 8.64. The minimum Gasteiger partial charge on any atom is -0.356 e. The van der Waals surface area contributed by atoms with E-state index in [0.29, 0.717) is 17.7 Å². The van der Waals surface area contributed by atoms with Gasteiger partial charge in [0, 0.05) is 42.5 Å². The summed E-state index contributed by atoms with van der Waals surface area (Å²) in [6.45, 7) is 2.50. The number of rotatable bonds is 5. The first-order valence-electron chi connectivity index (χ1n) is 8.88. The molecule has 0 aromatic rings. The van der Waals surface area contributed by atoms with Crippen LogP contribution in [-0.4, -0.2) is 46.8 Å². The van der Waals surface area contributed by atoms with Crippen molar-refractivity contribution in [2.75, 3.05) is 25.4 Å². The summed E-state index contributed by atoms with van der Waals surface area (Å²) < 4.78 is 0.354. The summed E-state index contributed by atoms with van der Waals surface area (Å²) in [5, 5.41) is 2.95. The van der Waals surface area contributed by atoms with Gasteiger partial charge >= 0.3 is 0 Å². The molecule has 0 unspecified atom stereocenters. The van der Waals surface area contributed by atoms with Gasteiger partial charge in [0.25, 0.3) is 0 Å². The number of carbonyl (C=O) groups is 2. The van der Waals surface area contributed by atoms with Gasteiger partial charge in [-0.2, -0.15) is 11.8 Å². The second-order valence-electron chi connectivity index (χ2n) is 7.08. The van der Waals surface area contributed by atoms with Crippen molar-refractivity contribution in [3.8, 4) is 0 Å². The Balaban J connectivity index is 1.38. The van der Waals surface area contributed by atoms with E-state index in [1.807, 2.05) is 0 Å². The Hall–Kier alpha value is -0.710. The Bertz CT molecular complexity index is 411. The van der Waals surface area contributed by atoms with Crippen LogP contribution in [0.2, 0.25) is 0 Å². The van der Waals surface area contributed by atoms with Crippen molar-refractivity contribution in [1.82, 2.24) is 10.2 Å². The zero-order valence-electron chi connectivity index (χ0n) is 13.4. The summed E-state index contributed by atoms with van der Waals surface area (Å²) in [5.74, 6) is 1.82. The van der Waals surface area contributed by atoms with Crippen molar-refractivity contribution in [2.45, 2.75) is 62.5 Å². The zero-order chi connectivity index (χ0) is 15.4. The van der Waals surface area contributed by atoms with Crippen molar-refractivity contribution in [1.29, 1.82) is 0 Å². The number of amides is 2. The van der Waals surface area contributed by atoms with Gasteiger partial charge in [-0.25, -0.2) is 0 Å². The van der Waals surface area contributed by atoms with Gasteiger partial charge in [-0.05, 0) is 32.1 Å². The summed E-state index contributed by atoms with van der Waals surface area (Å²) in [6.07, 6.45) is 9.98. The quantitative estimate of drug-likeness (QED) is 0.791. The highest BCUT2D eigenvalue weighted by Gasteiger charge is 2.38. The van der Waals surface area contributed by atoms with Crippen LogP contribution in [0, 0.1) is 5.92 Å². The Morgan fingerprint density at radius 3 is 2.68 bits per heavy atom. The topological polar surface area (TPSA) is 49.4 Å². The van der Waals surface area contributed by atoms with Gasteiger partial charge in [0.2, 0.25) is 11.8 Å². The predicted molar refractivity (Wildman–Crippen MR) is 89.8 cm³/mol. The van der Waals surface area contributed by atoms with Crippen molar-refractivity contribution < 1.29 is 9.59 Å². The normalized spacial score (nSPS) is 24.3. The van der Waals surface area contributed by atoms with E-state index in [9.17, 15) is 9.59 Å². The van der Waals surface area contributed by atoms with E-state index in [-0.39, 0.29) is 17.7 Å². The molecule has 22 heavy (non-hydrogen) atoms. The molecule has 0 radical (unpaired) electrons. The van der Waals surface area contributed by atoms with E-state index in [1.54, 1.807) is 0 Å². The maximum Gasteiger partial charge on any atom is 0.223 e. The molecular formula is C17H28N2O2S. The molecule has 1 aliphatic heterocycles. The van der Waals surface area contributed by atoms with E-state index in [0.717, 1.165) is 38.1 Å². The standard InChI is InChI=1S/C17H28N2O2S/c20-15(5-4-10-18-16(21)14-6-7-14)19-11-12-22-17(13-19)8-2-1-3-9-17/h14H,1-13H2,(H,18,21). The van der Waals surface area contributed by atoms with Gasteiger partial charge in [0.05, 0.1) is 0 Å². The maximum atomic E-state index is 12.4. The highest BCUT2D eigenvalue weighted by atomic mass is 32.2. The van der Waals surface area contributed by atoms with Crippen LogP contribution in [0.5, 0.6) is 0 Å². The summed E-state index contributed by atoms with van der Waals surface area (Å²) in [7, 11) is 0. The minimum absolute atomic E-state index is 0.183. The summed E-state index contributed by atoms with van der Waals surface area (Å²) in [4.78, 5) is 26.1. The third kappa shape index (κ3) is 4.18. The molecule has 0 aromatic heterocycles. The van der Waals surface area contributed by atoms with Crippen molar-refractivity contribution in [2.24, 2.45) is 5.92 Å². The Kier molecular flexibility index (Phi) is 5.32. The molecule has 0 aromatic carbocycles. The van der Waals surface area contributed by atoms with Crippen LogP contribution in [0.25, 0.3) is 0 Å². The van der Waals surface area contributed by atoms with E-state index in [2.05, 4.69) is 22.0 Å². The van der Waals surface area contributed by atoms with E-state index in [4.69, 9.17) is 0 Å². The van der Waals surface area contributed by atoms with Gasteiger partial charge in [-0.3, -0.25) is 9.59 Å². The van der Waals surface area contributed by atoms with Crippen LogP contribution in [0.4, 0.5) is 0 Å². The first-order chi connectivity index (χ1) is 10.7. The fourth-order valence-corrected chi connectivity index (χ4v) is 5.22. The smallest absolute Gasteiger partial charge is 0.223 e. The van der Waals surface area contributed by atoms with E-state index >= 15 is 0 Å². The number of thioether (sulfide) groups is 1. The molecule has 4 nitrogen and oxygen atoms in total. The Labute approximate surface area is 137 Å². The van der Waals surface area contributed by atoms with Gasteiger partial charge in [0.15, 0.2) is 0 Å². The molecule has 2 amide bonds. The lowest BCUT2D eigenvalue weighted by Crippen LogP contribution is -2.49. The number of carbonyl (C=O) groups excluding carboxylic acids is 2. The summed E-state index contributed by atoms with van der Waals surface area (Å²) in [5.41, 5.74) is 0. The first-order valence-corrected chi connectivity index (χ1v) is 9.87. The van der Waals surface area contributed by atoms with E-state index in [1.165, 1.54) is 32.1 Å². The molecule has 124 valence electrons. The van der Waals surface area contributed by atoms with Crippen LogP contribution in [0.1, 0.15) is 57.8 Å². The van der Waals surface area contributed by atoms with Crippen LogP contribution >= 0.6 is 11.8 Å². The molecule has 3 aliphatic rings. The average molecular weight is 324 g/mol. The SMILES string of the molecule is O=C(NCCCC(=O)N1CCSC2(CCCCC2)C1)C1CC1. The molecule has 3 fully saturated rings. The highest BCUT2D eigenvalue weighted by molar-refractivity contribution is 8.00. The third-order valence-corrected chi connectivity index (χ3v) is 6.72. The Morgan fingerprint density at radius 1 is 1.18 bits per heavy atom. The second kappa shape index (κ2) is 7.24. The van der Waals surface area contributed by atoms with Crippen LogP contribution in [0.3, 0.4) is 0 Å². The molecule has 1 spiro atoms. The van der Waals surface area contributed by atoms with Crippen LogP contribution < -0.4 is 5.32 Å². The molecule has 0 atom stereocenters. The predicted octanol–water partition coefficient (Wildman–Crippen LogP) is 2.57. The van der Waals surface area contributed by atoms with E-state index < -0.39 is 0 Å². The molecule has 2 aliphatic carbocycles. The molecule has 0 bridgehead atoms. The zero-order valence-corrected chi connectivity index (χ0v) is 14.3. The van der Waals surface area contributed by atoms with Gasteiger partial charge < -0.3 is 10.2 Å².